The van der Waals surface area contributed by atoms with E-state index in [9.17, 15) is 9.59 Å². The van der Waals surface area contributed by atoms with Crippen molar-refractivity contribution in [1.82, 2.24) is 10.2 Å². The second-order valence-corrected chi connectivity index (χ2v) is 7.87. The van der Waals surface area contributed by atoms with E-state index in [1.807, 2.05) is 41.5 Å². The zero-order valence-corrected chi connectivity index (χ0v) is 13.7. The van der Waals surface area contributed by atoms with Crippen molar-refractivity contribution >= 4 is 12.2 Å². The Hall–Kier alpha value is -1.46. The largest absolute Gasteiger partial charge is 0.444 e. The predicted molar refractivity (Wildman–Crippen MR) is 78.0 cm³/mol. The smallest absolute Gasteiger partial charge is 0.410 e. The van der Waals surface area contributed by atoms with Crippen molar-refractivity contribution in [2.45, 2.75) is 71.2 Å². The molecular formula is C15H26N2O4. The zero-order chi connectivity index (χ0) is 16.0. The lowest BCUT2D eigenvalue weighted by molar-refractivity contribution is 0.0193. The minimum absolute atomic E-state index is 0.0210. The fraction of sp³-hybridized carbons (Fsp3) is 0.867. The Morgan fingerprint density at radius 2 is 1.62 bits per heavy atom. The topological polar surface area (TPSA) is 67.9 Å². The minimum Gasteiger partial charge on any atom is -0.444 e. The summed E-state index contributed by atoms with van der Waals surface area (Å²) in [5.41, 5.74) is -1.02. The van der Waals surface area contributed by atoms with E-state index in [-0.39, 0.29) is 18.2 Å². The van der Waals surface area contributed by atoms with Crippen molar-refractivity contribution in [2.24, 2.45) is 5.92 Å². The highest BCUT2D eigenvalue weighted by Crippen LogP contribution is 2.41. The fourth-order valence-corrected chi connectivity index (χ4v) is 2.81. The van der Waals surface area contributed by atoms with Crippen LogP contribution in [0.2, 0.25) is 0 Å². The van der Waals surface area contributed by atoms with Crippen LogP contribution in [0.5, 0.6) is 0 Å². The van der Waals surface area contributed by atoms with Gasteiger partial charge in [-0.2, -0.15) is 0 Å². The number of amides is 2. The molecule has 3 aliphatic rings. The average molecular weight is 298 g/mol. The maximum atomic E-state index is 12.1. The molecule has 2 heterocycles. The molecule has 3 atom stereocenters. The van der Waals surface area contributed by atoms with Gasteiger partial charge in [0.25, 0.3) is 0 Å². The summed E-state index contributed by atoms with van der Waals surface area (Å²) in [6.07, 6.45) is 0.191. The van der Waals surface area contributed by atoms with Crippen molar-refractivity contribution in [3.05, 3.63) is 0 Å². The molecule has 0 aromatic carbocycles. The number of rotatable bonds is 1. The van der Waals surface area contributed by atoms with Crippen molar-refractivity contribution in [2.75, 3.05) is 6.54 Å². The molecule has 2 saturated heterocycles. The second-order valence-electron chi connectivity index (χ2n) is 7.87. The molecule has 3 fully saturated rings. The van der Waals surface area contributed by atoms with Crippen LogP contribution in [0.25, 0.3) is 0 Å². The van der Waals surface area contributed by atoms with Gasteiger partial charge in [-0.1, -0.05) is 0 Å². The van der Waals surface area contributed by atoms with Gasteiger partial charge < -0.3 is 19.7 Å². The molecule has 0 aromatic heterocycles. The molecule has 1 saturated carbocycles. The molecule has 0 spiro atoms. The summed E-state index contributed by atoms with van der Waals surface area (Å²) in [4.78, 5) is 25.7. The first kappa shape index (κ1) is 15.9. The number of carbonyl (C=O) groups excluding carboxylic acids is 2. The summed E-state index contributed by atoms with van der Waals surface area (Å²) in [6, 6.07) is 0.00439. The van der Waals surface area contributed by atoms with Crippen LogP contribution in [0.15, 0.2) is 0 Å². The van der Waals surface area contributed by atoms with Crippen molar-refractivity contribution in [3.63, 3.8) is 0 Å². The summed E-state index contributed by atoms with van der Waals surface area (Å²) in [6.45, 7) is 11.7. The number of nitrogens with zero attached hydrogens (tertiary/aromatic N) is 1. The third-order valence-electron chi connectivity index (χ3n) is 3.61. The van der Waals surface area contributed by atoms with Crippen LogP contribution in [0, 0.1) is 5.92 Å². The number of fused-ring (bicyclic) bond motifs is 1. The number of nitrogens with one attached hydrogen (secondary N) is 1. The average Bonchev–Trinajstić information content (AvgIpc) is 2.78. The summed E-state index contributed by atoms with van der Waals surface area (Å²) in [5, 5.41) is 2.87. The maximum Gasteiger partial charge on any atom is 0.410 e. The first-order chi connectivity index (χ1) is 9.46. The van der Waals surface area contributed by atoms with Crippen LogP contribution in [-0.2, 0) is 9.47 Å². The van der Waals surface area contributed by atoms with E-state index in [4.69, 9.17) is 9.47 Å². The molecule has 2 bridgehead atoms. The number of hydrogen-bond acceptors (Lipinski definition) is 4. The van der Waals surface area contributed by atoms with E-state index in [0.29, 0.717) is 12.5 Å². The first-order valence-electron chi connectivity index (χ1n) is 7.45. The second kappa shape index (κ2) is 5.07. The van der Waals surface area contributed by atoms with Gasteiger partial charge in [-0.05, 0) is 48.0 Å². The van der Waals surface area contributed by atoms with Crippen molar-refractivity contribution in [3.8, 4) is 0 Å². The van der Waals surface area contributed by atoms with Gasteiger partial charge >= 0.3 is 12.2 Å². The fourth-order valence-electron chi connectivity index (χ4n) is 2.81. The van der Waals surface area contributed by atoms with Crippen molar-refractivity contribution < 1.29 is 19.1 Å². The number of ether oxygens (including phenoxy) is 2. The predicted octanol–water partition coefficient (Wildman–Crippen LogP) is 2.52. The third-order valence-corrected chi connectivity index (χ3v) is 3.61. The molecule has 6 nitrogen and oxygen atoms in total. The van der Waals surface area contributed by atoms with Gasteiger partial charge in [0, 0.05) is 12.5 Å². The quantitative estimate of drug-likeness (QED) is 0.807. The zero-order valence-electron chi connectivity index (χ0n) is 13.7. The molecule has 3 rings (SSSR count). The summed E-state index contributed by atoms with van der Waals surface area (Å²) < 4.78 is 10.7. The molecule has 6 heteroatoms. The van der Waals surface area contributed by atoms with E-state index in [2.05, 4.69) is 5.32 Å². The maximum absolute atomic E-state index is 12.1. The molecule has 2 aliphatic heterocycles. The highest BCUT2D eigenvalue weighted by Gasteiger charge is 2.55. The van der Waals surface area contributed by atoms with Gasteiger partial charge in [-0.25, -0.2) is 9.59 Å². The molecule has 21 heavy (non-hydrogen) atoms. The Kier molecular flexibility index (Phi) is 3.84. The van der Waals surface area contributed by atoms with E-state index in [0.717, 1.165) is 6.42 Å². The minimum atomic E-state index is -0.516. The highest BCUT2D eigenvalue weighted by atomic mass is 16.6. The lowest BCUT2D eigenvalue weighted by Crippen LogP contribution is -2.56. The monoisotopic (exact) mass is 298 g/mol. The van der Waals surface area contributed by atoms with E-state index in [1.165, 1.54) is 0 Å². The molecule has 1 N–H and O–H groups in total. The van der Waals surface area contributed by atoms with Gasteiger partial charge in [-0.3, -0.25) is 0 Å². The van der Waals surface area contributed by atoms with Crippen LogP contribution in [0.1, 0.15) is 48.0 Å². The molecule has 2 amide bonds. The standard InChI is InChI=1S/C15H26N2O4/c1-14(2,3)20-12(18)16-11-9-7-10(11)17(8-9)13(19)21-15(4,5)6/h9-11H,7-8H2,1-6H3,(H,16,18)/t9-,10-,11+/m0/s1. The normalized spacial score (nSPS) is 27.9. The Morgan fingerprint density at radius 3 is 2.14 bits per heavy atom. The Bertz CT molecular complexity index is 436. The molecule has 0 radical (unpaired) electrons. The Labute approximate surface area is 126 Å². The third kappa shape index (κ3) is 3.80. The number of alkyl carbamates (subject to hydrolysis) is 1. The van der Waals surface area contributed by atoms with Crippen molar-refractivity contribution in [1.29, 1.82) is 0 Å². The van der Waals surface area contributed by atoms with Gasteiger partial charge in [0.2, 0.25) is 0 Å². The highest BCUT2D eigenvalue weighted by molar-refractivity contribution is 5.72. The van der Waals surface area contributed by atoms with Crippen LogP contribution in [0.3, 0.4) is 0 Å². The molecule has 1 aliphatic carbocycles. The van der Waals surface area contributed by atoms with E-state index >= 15 is 0 Å². The van der Waals surface area contributed by atoms with Gasteiger partial charge in [0.15, 0.2) is 0 Å². The molecule has 0 aromatic rings. The molecular weight excluding hydrogens is 272 g/mol. The Balaban J connectivity index is 1.88. The van der Waals surface area contributed by atoms with Gasteiger partial charge in [0.1, 0.15) is 11.2 Å². The molecule has 120 valence electrons. The number of carbonyl (C=O) groups is 2. The van der Waals surface area contributed by atoms with E-state index < -0.39 is 17.3 Å². The number of hydrogen-bond donors (Lipinski definition) is 1. The van der Waals surface area contributed by atoms with Crippen LogP contribution >= 0.6 is 0 Å². The summed E-state index contributed by atoms with van der Waals surface area (Å²) in [7, 11) is 0. The van der Waals surface area contributed by atoms with E-state index in [1.54, 1.807) is 4.90 Å². The molecule has 0 unspecified atom stereocenters. The summed E-state index contributed by atoms with van der Waals surface area (Å²) >= 11 is 0. The summed E-state index contributed by atoms with van der Waals surface area (Å²) in [5.74, 6) is 0.301. The van der Waals surface area contributed by atoms with Crippen LogP contribution in [0.4, 0.5) is 9.59 Å². The van der Waals surface area contributed by atoms with Crippen LogP contribution in [-0.4, -0.2) is 46.9 Å². The lowest BCUT2D eigenvalue weighted by atomic mass is 9.80. The first-order valence-corrected chi connectivity index (χ1v) is 7.45. The van der Waals surface area contributed by atoms with Gasteiger partial charge in [0.05, 0.1) is 12.1 Å². The van der Waals surface area contributed by atoms with Gasteiger partial charge in [-0.15, -0.1) is 0 Å². The lowest BCUT2D eigenvalue weighted by Gasteiger charge is -2.37. The SMILES string of the molecule is CC(C)(C)OC(=O)N[C@@H]1[C@H]2C[C@@H]1N(C(=O)OC(C)(C)C)C2. The Morgan fingerprint density at radius 1 is 1.05 bits per heavy atom. The van der Waals surface area contributed by atoms with Crippen LogP contribution < -0.4 is 5.32 Å².